The number of nitrogens with one attached hydrogen (secondary N) is 3. The van der Waals surface area contributed by atoms with Crippen LogP contribution in [-0.4, -0.2) is 53.3 Å². The lowest BCUT2D eigenvalue weighted by atomic mass is 9.99. The molecule has 0 bridgehead atoms. The van der Waals surface area contributed by atoms with E-state index in [2.05, 4.69) is 37.9 Å². The second kappa shape index (κ2) is 8.34. The molecule has 5 rings (SSSR count). The molecule has 7 nitrogen and oxygen atoms in total. The zero-order valence-corrected chi connectivity index (χ0v) is 17.4. The fourth-order valence-corrected chi connectivity index (χ4v) is 4.68. The molecule has 1 saturated heterocycles. The molecule has 1 aromatic heterocycles. The highest BCUT2D eigenvalue weighted by Crippen LogP contribution is 2.41. The first kappa shape index (κ1) is 20.2. The van der Waals surface area contributed by atoms with Crippen molar-refractivity contribution in [1.29, 1.82) is 0 Å². The van der Waals surface area contributed by atoms with Crippen molar-refractivity contribution in [2.45, 2.75) is 50.4 Å². The summed E-state index contributed by atoms with van der Waals surface area (Å²) in [6.45, 7) is 2.64. The third-order valence-corrected chi connectivity index (χ3v) is 6.23. The van der Waals surface area contributed by atoms with Crippen LogP contribution >= 0.6 is 12.4 Å². The topological polar surface area (TPSA) is 82.3 Å². The first-order chi connectivity index (χ1) is 13.7. The fourth-order valence-electron chi connectivity index (χ4n) is 4.68. The van der Waals surface area contributed by atoms with E-state index in [4.69, 9.17) is 4.74 Å². The standard InChI is InChI=1S/C21H27N5O2.ClH/c1-28-15-4-2-3-13(11-15)20-18(8-10-26(20)14-5-6-14)23-21(27)19-16-12-22-9-7-17(16)24-25-19;/h2-4,11,14,18,20,22H,5-10,12H2,1H3,(H,23,27)(H,24,25);1H. The van der Waals surface area contributed by atoms with Crippen molar-refractivity contribution in [3.05, 3.63) is 46.8 Å². The predicted octanol–water partition coefficient (Wildman–Crippen LogP) is 2.19. The molecule has 0 spiro atoms. The Labute approximate surface area is 177 Å². The Kier molecular flexibility index (Phi) is 5.81. The fraction of sp³-hybridized carbons (Fsp3) is 0.524. The molecular weight excluding hydrogens is 390 g/mol. The minimum atomic E-state index is -0.0725. The number of amides is 1. The normalized spacial score (nSPS) is 23.9. The number of H-pyrrole nitrogens is 1. The van der Waals surface area contributed by atoms with Crippen LogP contribution in [0.4, 0.5) is 0 Å². The first-order valence-corrected chi connectivity index (χ1v) is 10.2. The number of fused-ring (bicyclic) bond motifs is 1. The van der Waals surface area contributed by atoms with Crippen LogP contribution in [0.15, 0.2) is 24.3 Å². The minimum absolute atomic E-state index is 0. The number of nitrogens with zero attached hydrogens (tertiary/aromatic N) is 2. The van der Waals surface area contributed by atoms with Crippen molar-refractivity contribution in [1.82, 2.24) is 25.7 Å². The maximum Gasteiger partial charge on any atom is 0.272 e. The van der Waals surface area contributed by atoms with Gasteiger partial charge in [0.25, 0.3) is 5.91 Å². The van der Waals surface area contributed by atoms with Crippen molar-refractivity contribution in [2.24, 2.45) is 0 Å². The van der Waals surface area contributed by atoms with Crippen LogP contribution < -0.4 is 15.4 Å². The molecule has 2 aliphatic heterocycles. The van der Waals surface area contributed by atoms with Gasteiger partial charge in [0.2, 0.25) is 0 Å². The van der Waals surface area contributed by atoms with Gasteiger partial charge in [0.1, 0.15) is 5.75 Å². The van der Waals surface area contributed by atoms with Crippen molar-refractivity contribution < 1.29 is 9.53 Å². The Morgan fingerprint density at radius 3 is 2.97 bits per heavy atom. The van der Waals surface area contributed by atoms with Gasteiger partial charge in [0.05, 0.1) is 19.2 Å². The van der Waals surface area contributed by atoms with Crippen LogP contribution in [0, 0.1) is 0 Å². The second-order valence-electron chi connectivity index (χ2n) is 8.02. The molecule has 2 fully saturated rings. The molecule has 8 heteroatoms. The molecule has 1 aromatic carbocycles. The number of halogens is 1. The van der Waals surface area contributed by atoms with Gasteiger partial charge in [-0.3, -0.25) is 14.8 Å². The lowest BCUT2D eigenvalue weighted by Crippen LogP contribution is -2.41. The van der Waals surface area contributed by atoms with Gasteiger partial charge >= 0.3 is 0 Å². The number of hydrogen-bond acceptors (Lipinski definition) is 5. The van der Waals surface area contributed by atoms with E-state index in [0.29, 0.717) is 18.3 Å². The Bertz CT molecular complexity index is 882. The summed E-state index contributed by atoms with van der Waals surface area (Å²) >= 11 is 0. The first-order valence-electron chi connectivity index (χ1n) is 10.2. The Balaban J connectivity index is 0.00000205. The molecule has 2 aromatic rings. The van der Waals surface area contributed by atoms with Crippen molar-refractivity contribution in [3.8, 4) is 5.75 Å². The van der Waals surface area contributed by atoms with E-state index in [9.17, 15) is 4.79 Å². The quantitative estimate of drug-likeness (QED) is 0.694. The van der Waals surface area contributed by atoms with Gasteiger partial charge in [0.15, 0.2) is 5.69 Å². The van der Waals surface area contributed by atoms with Crippen molar-refractivity contribution >= 4 is 18.3 Å². The number of rotatable bonds is 5. The third kappa shape index (κ3) is 3.86. The number of aromatic nitrogens is 2. The van der Waals surface area contributed by atoms with Crippen LogP contribution in [0.3, 0.4) is 0 Å². The van der Waals surface area contributed by atoms with Crippen LogP contribution in [-0.2, 0) is 13.0 Å². The van der Waals surface area contributed by atoms with Gasteiger partial charge in [-0.25, -0.2) is 0 Å². The van der Waals surface area contributed by atoms with Gasteiger partial charge in [-0.05, 0) is 37.0 Å². The monoisotopic (exact) mass is 417 g/mol. The number of carbonyl (C=O) groups is 1. The highest BCUT2D eigenvalue weighted by Gasteiger charge is 2.43. The Morgan fingerprint density at radius 2 is 2.17 bits per heavy atom. The molecule has 0 radical (unpaired) electrons. The maximum atomic E-state index is 13.1. The van der Waals surface area contributed by atoms with E-state index < -0.39 is 0 Å². The summed E-state index contributed by atoms with van der Waals surface area (Å²) in [5, 5.41) is 14.0. The van der Waals surface area contributed by atoms with Gasteiger partial charge < -0.3 is 15.4 Å². The van der Waals surface area contributed by atoms with Crippen LogP contribution in [0.2, 0.25) is 0 Å². The summed E-state index contributed by atoms with van der Waals surface area (Å²) in [5.74, 6) is 0.786. The highest BCUT2D eigenvalue weighted by atomic mass is 35.5. The van der Waals surface area contributed by atoms with Gasteiger partial charge in [-0.1, -0.05) is 12.1 Å². The summed E-state index contributed by atoms with van der Waals surface area (Å²) in [7, 11) is 1.69. The molecule has 3 aliphatic rings. The molecule has 156 valence electrons. The molecule has 1 aliphatic carbocycles. The smallest absolute Gasteiger partial charge is 0.272 e. The average molecular weight is 418 g/mol. The summed E-state index contributed by atoms with van der Waals surface area (Å²) in [6, 6.07) is 9.14. The SMILES string of the molecule is COc1cccc(C2C(NC(=O)c3n[nH]c4c3CNCC4)CCN2C2CC2)c1.Cl. The minimum Gasteiger partial charge on any atom is -0.497 e. The summed E-state index contributed by atoms with van der Waals surface area (Å²) in [4.78, 5) is 15.6. The van der Waals surface area contributed by atoms with E-state index in [1.54, 1.807) is 7.11 Å². The predicted molar refractivity (Wildman–Crippen MR) is 113 cm³/mol. The Morgan fingerprint density at radius 1 is 1.31 bits per heavy atom. The zero-order valence-electron chi connectivity index (χ0n) is 16.6. The lowest BCUT2D eigenvalue weighted by molar-refractivity contribution is 0.0917. The molecule has 3 heterocycles. The number of aromatic amines is 1. The number of carbonyl (C=O) groups excluding carboxylic acids is 1. The Hall–Kier alpha value is -2.09. The zero-order chi connectivity index (χ0) is 19.1. The van der Waals surface area contributed by atoms with E-state index in [1.807, 2.05) is 12.1 Å². The maximum absolute atomic E-state index is 13.1. The second-order valence-corrected chi connectivity index (χ2v) is 8.02. The van der Waals surface area contributed by atoms with Crippen LogP contribution in [0.1, 0.15) is 52.6 Å². The molecule has 1 amide bonds. The summed E-state index contributed by atoms with van der Waals surface area (Å²) in [5.41, 5.74) is 3.84. The molecular formula is C21H28ClN5O2. The van der Waals surface area contributed by atoms with Gasteiger partial charge in [-0.15, -0.1) is 12.4 Å². The molecule has 2 unspecified atom stereocenters. The molecule has 1 saturated carbocycles. The number of benzene rings is 1. The molecule has 2 atom stereocenters. The lowest BCUT2D eigenvalue weighted by Gasteiger charge is -2.29. The van der Waals surface area contributed by atoms with Crippen molar-refractivity contribution in [2.75, 3.05) is 20.2 Å². The van der Waals surface area contributed by atoms with Gasteiger partial charge in [-0.2, -0.15) is 5.10 Å². The van der Waals surface area contributed by atoms with Gasteiger partial charge in [0, 0.05) is 43.4 Å². The van der Waals surface area contributed by atoms with E-state index in [-0.39, 0.29) is 30.4 Å². The van der Waals surface area contributed by atoms with E-state index in [0.717, 1.165) is 42.9 Å². The van der Waals surface area contributed by atoms with E-state index >= 15 is 0 Å². The number of likely N-dealkylation sites (tertiary alicyclic amines) is 1. The number of hydrogen-bond donors (Lipinski definition) is 3. The van der Waals surface area contributed by atoms with Crippen LogP contribution in [0.5, 0.6) is 5.75 Å². The number of ether oxygens (including phenoxy) is 1. The molecule has 3 N–H and O–H groups in total. The largest absolute Gasteiger partial charge is 0.497 e. The van der Waals surface area contributed by atoms with Crippen molar-refractivity contribution in [3.63, 3.8) is 0 Å². The summed E-state index contributed by atoms with van der Waals surface area (Å²) < 4.78 is 5.44. The number of methoxy groups -OCH3 is 1. The average Bonchev–Trinajstić information content (AvgIpc) is 3.35. The highest BCUT2D eigenvalue weighted by molar-refractivity contribution is 5.94. The summed E-state index contributed by atoms with van der Waals surface area (Å²) in [6.07, 6.45) is 4.34. The van der Waals surface area contributed by atoms with Crippen LogP contribution in [0.25, 0.3) is 0 Å². The van der Waals surface area contributed by atoms with E-state index in [1.165, 1.54) is 18.4 Å². The third-order valence-electron chi connectivity index (χ3n) is 6.23. The molecule has 29 heavy (non-hydrogen) atoms.